The zero-order valence-electron chi connectivity index (χ0n) is 6.34. The van der Waals surface area contributed by atoms with Crippen LogP contribution in [0.1, 0.15) is 5.56 Å². The van der Waals surface area contributed by atoms with Crippen LogP contribution < -0.4 is 0 Å². The first-order valence-electron chi connectivity index (χ1n) is 3.34. The minimum Gasteiger partial charge on any atom is -0.506 e. The number of nitrogens with one attached hydrogen (secondary N) is 1. The molecule has 1 aromatic rings. The first-order chi connectivity index (χ1) is 5.61. The quantitative estimate of drug-likeness (QED) is 0.512. The summed E-state index contributed by atoms with van der Waals surface area (Å²) in [7, 11) is 0. The van der Waals surface area contributed by atoms with E-state index in [1.807, 2.05) is 0 Å². The molecule has 2 nitrogen and oxygen atoms in total. The Kier molecular flexibility index (Phi) is 2.24. The summed E-state index contributed by atoms with van der Waals surface area (Å²) < 4.78 is 12.6. The molecule has 0 atom stereocenters. The van der Waals surface area contributed by atoms with Crippen molar-refractivity contribution in [1.82, 2.24) is 0 Å². The molecule has 0 aliphatic carbocycles. The highest BCUT2D eigenvalue weighted by molar-refractivity contribution is 6.08. The van der Waals surface area contributed by atoms with Crippen LogP contribution in [-0.2, 0) is 0 Å². The summed E-state index contributed by atoms with van der Waals surface area (Å²) in [5, 5.41) is 16.1. The van der Waals surface area contributed by atoms with Crippen LogP contribution in [0.25, 0.3) is 0 Å². The minimum atomic E-state index is -0.432. The van der Waals surface area contributed by atoms with Crippen molar-refractivity contribution in [2.75, 3.05) is 0 Å². The molecular weight excluding hydrogens is 157 g/mol. The zero-order chi connectivity index (χ0) is 9.14. The Balaban J connectivity index is 3.04. The Morgan fingerprint density at radius 1 is 1.50 bits per heavy atom. The van der Waals surface area contributed by atoms with Gasteiger partial charge in [-0.05, 0) is 12.1 Å². The summed E-state index contributed by atoms with van der Waals surface area (Å²) in [4.78, 5) is 0. The van der Waals surface area contributed by atoms with E-state index >= 15 is 0 Å². The maximum atomic E-state index is 12.6. The fourth-order valence-electron chi connectivity index (χ4n) is 0.811. The Labute approximate surface area is 69.5 Å². The Bertz CT molecular complexity index is 333. The van der Waals surface area contributed by atoms with Crippen molar-refractivity contribution in [3.8, 4) is 0 Å². The van der Waals surface area contributed by atoms with E-state index in [2.05, 4.69) is 6.58 Å². The van der Waals surface area contributed by atoms with Gasteiger partial charge in [-0.1, -0.05) is 18.7 Å². The fourth-order valence-corrected chi connectivity index (χ4v) is 0.811. The van der Waals surface area contributed by atoms with Crippen LogP contribution in [0.5, 0.6) is 0 Å². The summed E-state index contributed by atoms with van der Waals surface area (Å²) in [6.07, 6.45) is 0. The number of hydrogen-bond acceptors (Lipinski definition) is 2. The minimum absolute atomic E-state index is 0.158. The third-order valence-corrected chi connectivity index (χ3v) is 1.40. The van der Waals surface area contributed by atoms with E-state index in [1.54, 1.807) is 0 Å². The van der Waals surface area contributed by atoms with Crippen molar-refractivity contribution in [2.24, 2.45) is 0 Å². The number of rotatable bonds is 2. The van der Waals surface area contributed by atoms with E-state index in [1.165, 1.54) is 24.3 Å². The lowest BCUT2D eigenvalue weighted by Gasteiger charge is -2.00. The van der Waals surface area contributed by atoms with Gasteiger partial charge in [0, 0.05) is 5.56 Å². The van der Waals surface area contributed by atoms with Gasteiger partial charge in [-0.3, -0.25) is 5.41 Å². The van der Waals surface area contributed by atoms with Gasteiger partial charge in [0.2, 0.25) is 0 Å². The smallest absolute Gasteiger partial charge is 0.133 e. The number of allylic oxidation sites excluding steroid dienone is 1. The second-order valence-electron chi connectivity index (χ2n) is 2.33. The largest absolute Gasteiger partial charge is 0.506 e. The van der Waals surface area contributed by atoms with Crippen molar-refractivity contribution in [3.63, 3.8) is 0 Å². The van der Waals surface area contributed by atoms with Gasteiger partial charge in [-0.15, -0.1) is 0 Å². The lowest BCUT2D eigenvalue weighted by atomic mass is 10.1. The van der Waals surface area contributed by atoms with Crippen LogP contribution in [0.15, 0.2) is 36.6 Å². The van der Waals surface area contributed by atoms with Crippen molar-refractivity contribution < 1.29 is 9.50 Å². The SMILES string of the molecule is C=C(O)C(=N)c1cccc(F)c1. The highest BCUT2D eigenvalue weighted by Crippen LogP contribution is 2.06. The molecule has 0 spiro atoms. The number of hydrogen-bond donors (Lipinski definition) is 2. The molecule has 0 fully saturated rings. The maximum Gasteiger partial charge on any atom is 0.133 e. The molecule has 1 rings (SSSR count). The zero-order valence-corrected chi connectivity index (χ0v) is 6.34. The number of halogens is 1. The van der Waals surface area contributed by atoms with Gasteiger partial charge in [0.1, 0.15) is 17.3 Å². The fraction of sp³-hybridized carbons (Fsp3) is 0. The molecule has 0 heterocycles. The average molecular weight is 165 g/mol. The van der Waals surface area contributed by atoms with Crippen molar-refractivity contribution in [1.29, 1.82) is 5.41 Å². The molecule has 0 bridgehead atoms. The number of aliphatic hydroxyl groups is 1. The van der Waals surface area contributed by atoms with E-state index in [-0.39, 0.29) is 11.5 Å². The maximum absolute atomic E-state index is 12.6. The molecule has 2 N–H and O–H groups in total. The molecule has 1 aromatic carbocycles. The third kappa shape index (κ3) is 1.69. The van der Waals surface area contributed by atoms with Crippen LogP contribution in [0, 0.1) is 11.2 Å². The van der Waals surface area contributed by atoms with Crippen LogP contribution in [0.4, 0.5) is 4.39 Å². The summed E-state index contributed by atoms with van der Waals surface area (Å²) in [5.41, 5.74) is 0.164. The van der Waals surface area contributed by atoms with Gasteiger partial charge in [-0.25, -0.2) is 4.39 Å². The monoisotopic (exact) mass is 165 g/mol. The highest BCUT2D eigenvalue weighted by atomic mass is 19.1. The molecule has 0 radical (unpaired) electrons. The van der Waals surface area contributed by atoms with E-state index in [9.17, 15) is 4.39 Å². The molecule has 0 amide bonds. The molecule has 12 heavy (non-hydrogen) atoms. The Hall–Kier alpha value is -1.64. The first kappa shape index (κ1) is 8.46. The number of benzene rings is 1. The van der Waals surface area contributed by atoms with E-state index in [0.29, 0.717) is 5.56 Å². The molecule has 0 saturated carbocycles. The Morgan fingerprint density at radius 3 is 2.67 bits per heavy atom. The number of aliphatic hydroxyl groups excluding tert-OH is 1. The molecule has 0 unspecified atom stereocenters. The molecule has 0 saturated heterocycles. The van der Waals surface area contributed by atoms with E-state index < -0.39 is 5.82 Å². The van der Waals surface area contributed by atoms with Crippen LogP contribution in [-0.4, -0.2) is 10.8 Å². The standard InChI is InChI=1S/C9H8FNO/c1-6(12)9(11)7-3-2-4-8(10)5-7/h2-5,11-12H,1H2. The normalized spacial score (nSPS) is 9.42. The van der Waals surface area contributed by atoms with Crippen molar-refractivity contribution in [2.45, 2.75) is 0 Å². The van der Waals surface area contributed by atoms with E-state index in [4.69, 9.17) is 10.5 Å². The first-order valence-corrected chi connectivity index (χ1v) is 3.34. The van der Waals surface area contributed by atoms with E-state index in [0.717, 1.165) is 0 Å². The second-order valence-corrected chi connectivity index (χ2v) is 2.33. The van der Waals surface area contributed by atoms with Crippen LogP contribution in [0.3, 0.4) is 0 Å². The highest BCUT2D eigenvalue weighted by Gasteiger charge is 2.03. The van der Waals surface area contributed by atoms with Gasteiger partial charge >= 0.3 is 0 Å². The third-order valence-electron chi connectivity index (χ3n) is 1.40. The lowest BCUT2D eigenvalue weighted by molar-refractivity contribution is 0.445. The lowest BCUT2D eigenvalue weighted by Crippen LogP contribution is -2.01. The average Bonchev–Trinajstić information content (AvgIpc) is 2.03. The molecule has 3 heteroatoms. The predicted molar refractivity (Wildman–Crippen MR) is 45.0 cm³/mol. The van der Waals surface area contributed by atoms with Gasteiger partial charge in [0.15, 0.2) is 0 Å². The molecule has 0 aliphatic heterocycles. The summed E-state index contributed by atoms with van der Waals surface area (Å²) >= 11 is 0. The van der Waals surface area contributed by atoms with Gasteiger partial charge in [0.25, 0.3) is 0 Å². The van der Waals surface area contributed by atoms with Gasteiger partial charge in [-0.2, -0.15) is 0 Å². The topological polar surface area (TPSA) is 44.1 Å². The van der Waals surface area contributed by atoms with Crippen LogP contribution >= 0.6 is 0 Å². The summed E-state index contributed by atoms with van der Waals surface area (Å²) in [6.45, 7) is 3.17. The molecule has 0 aliphatic rings. The van der Waals surface area contributed by atoms with Gasteiger partial charge in [0.05, 0.1) is 0 Å². The van der Waals surface area contributed by atoms with Crippen LogP contribution in [0.2, 0.25) is 0 Å². The molecule has 0 aromatic heterocycles. The van der Waals surface area contributed by atoms with Gasteiger partial charge < -0.3 is 5.11 Å². The molecule has 62 valence electrons. The predicted octanol–water partition coefficient (Wildman–Crippen LogP) is 2.27. The van der Waals surface area contributed by atoms with Crippen molar-refractivity contribution >= 4 is 5.71 Å². The summed E-state index contributed by atoms with van der Waals surface area (Å²) in [6, 6.07) is 5.45. The summed E-state index contributed by atoms with van der Waals surface area (Å²) in [5.74, 6) is -0.792. The second kappa shape index (κ2) is 3.17. The van der Waals surface area contributed by atoms with Crippen molar-refractivity contribution in [3.05, 3.63) is 48.0 Å². The molecular formula is C9H8FNO. The Morgan fingerprint density at radius 2 is 2.17 bits per heavy atom.